The minimum Gasteiger partial charge on any atom is -0.303 e. The first-order chi connectivity index (χ1) is 9.70. The summed E-state index contributed by atoms with van der Waals surface area (Å²) in [6.07, 6.45) is 4.73. The van der Waals surface area contributed by atoms with Crippen molar-refractivity contribution < 1.29 is 14.4 Å². The van der Waals surface area contributed by atoms with Gasteiger partial charge in [0.05, 0.1) is 11.1 Å². The van der Waals surface area contributed by atoms with E-state index in [9.17, 15) is 14.4 Å². The first-order valence-corrected chi connectivity index (χ1v) is 7.11. The van der Waals surface area contributed by atoms with Gasteiger partial charge in [-0.15, -0.1) is 0 Å². The molecule has 2 amide bonds. The first kappa shape index (κ1) is 14.4. The summed E-state index contributed by atoms with van der Waals surface area (Å²) in [5.74, 6) is -0.539. The number of carbonyl (C=O) groups excluding carboxylic acids is 3. The maximum atomic E-state index is 12.3. The zero-order valence-electron chi connectivity index (χ0n) is 11.7. The molecule has 1 unspecified atom stereocenters. The number of carbonyl (C=O) groups is 3. The molecule has 0 radical (unpaired) electrons. The van der Waals surface area contributed by atoms with Crippen LogP contribution in [0.15, 0.2) is 24.3 Å². The van der Waals surface area contributed by atoms with Crippen LogP contribution in [0, 0.1) is 0 Å². The van der Waals surface area contributed by atoms with Gasteiger partial charge in [0.2, 0.25) is 0 Å². The van der Waals surface area contributed by atoms with E-state index in [1.54, 1.807) is 24.3 Å². The highest BCUT2D eigenvalue weighted by Gasteiger charge is 2.39. The largest absolute Gasteiger partial charge is 0.303 e. The molecule has 0 spiro atoms. The third-order valence-electron chi connectivity index (χ3n) is 3.70. The van der Waals surface area contributed by atoms with Crippen molar-refractivity contribution in [2.24, 2.45) is 0 Å². The van der Waals surface area contributed by atoms with Crippen molar-refractivity contribution >= 4 is 18.1 Å². The number of fused-ring (bicyclic) bond motifs is 1. The van der Waals surface area contributed by atoms with Gasteiger partial charge in [0, 0.05) is 12.5 Å². The van der Waals surface area contributed by atoms with Crippen LogP contribution in [0.5, 0.6) is 0 Å². The highest BCUT2D eigenvalue weighted by molar-refractivity contribution is 6.21. The number of hydrogen-bond donors (Lipinski definition) is 0. The van der Waals surface area contributed by atoms with Crippen molar-refractivity contribution in [3.8, 4) is 0 Å². The van der Waals surface area contributed by atoms with Crippen molar-refractivity contribution in [1.29, 1.82) is 0 Å². The Labute approximate surface area is 118 Å². The van der Waals surface area contributed by atoms with Crippen molar-refractivity contribution in [3.05, 3.63) is 35.4 Å². The Balaban J connectivity index is 2.20. The van der Waals surface area contributed by atoms with E-state index in [4.69, 9.17) is 0 Å². The number of rotatable bonds is 7. The number of benzene rings is 1. The normalized spacial score (nSPS) is 15.3. The van der Waals surface area contributed by atoms with Gasteiger partial charge in [0.1, 0.15) is 6.29 Å². The smallest absolute Gasteiger partial charge is 0.261 e. The zero-order valence-corrected chi connectivity index (χ0v) is 11.7. The molecule has 0 bridgehead atoms. The predicted octanol–water partition coefficient (Wildman–Crippen LogP) is 2.82. The minimum absolute atomic E-state index is 0.217. The third kappa shape index (κ3) is 2.64. The van der Waals surface area contributed by atoms with Crippen LogP contribution in [0.1, 0.15) is 59.7 Å². The molecule has 4 nitrogen and oxygen atoms in total. The maximum Gasteiger partial charge on any atom is 0.261 e. The van der Waals surface area contributed by atoms with Gasteiger partial charge >= 0.3 is 0 Å². The molecule has 2 rings (SSSR count). The molecule has 106 valence electrons. The summed E-state index contributed by atoms with van der Waals surface area (Å²) in [7, 11) is 0. The molecule has 1 heterocycles. The lowest BCUT2D eigenvalue weighted by Crippen LogP contribution is -2.40. The molecule has 1 aliphatic heterocycles. The highest BCUT2D eigenvalue weighted by Crippen LogP contribution is 2.27. The van der Waals surface area contributed by atoms with Crippen LogP contribution in [0.2, 0.25) is 0 Å². The summed E-state index contributed by atoms with van der Waals surface area (Å²) >= 11 is 0. The fourth-order valence-electron chi connectivity index (χ4n) is 2.63. The van der Waals surface area contributed by atoms with Gasteiger partial charge < -0.3 is 4.79 Å². The maximum absolute atomic E-state index is 12.3. The molecule has 0 saturated heterocycles. The highest BCUT2D eigenvalue weighted by atomic mass is 16.2. The van der Waals surface area contributed by atoms with E-state index < -0.39 is 0 Å². The molecule has 0 aromatic heterocycles. The van der Waals surface area contributed by atoms with E-state index >= 15 is 0 Å². The van der Waals surface area contributed by atoms with Gasteiger partial charge in [0.25, 0.3) is 11.8 Å². The molecule has 1 atom stereocenters. The van der Waals surface area contributed by atoms with Crippen LogP contribution in [0.25, 0.3) is 0 Å². The molecule has 0 saturated carbocycles. The van der Waals surface area contributed by atoms with Gasteiger partial charge in [-0.2, -0.15) is 0 Å². The topological polar surface area (TPSA) is 54.5 Å². The van der Waals surface area contributed by atoms with Crippen LogP contribution in [0.3, 0.4) is 0 Å². The summed E-state index contributed by atoms with van der Waals surface area (Å²) in [5, 5.41) is 0. The van der Waals surface area contributed by atoms with Crippen molar-refractivity contribution in [1.82, 2.24) is 4.90 Å². The number of nitrogens with zero attached hydrogens (tertiary/aromatic N) is 1. The van der Waals surface area contributed by atoms with Crippen LogP contribution >= 0.6 is 0 Å². The fraction of sp³-hybridized carbons (Fsp3) is 0.438. The average Bonchev–Trinajstić information content (AvgIpc) is 2.71. The van der Waals surface area contributed by atoms with Crippen LogP contribution < -0.4 is 0 Å². The second-order valence-corrected chi connectivity index (χ2v) is 5.08. The molecular formula is C16H19NO3. The van der Waals surface area contributed by atoms with E-state index in [1.807, 2.05) is 0 Å². The van der Waals surface area contributed by atoms with Gasteiger partial charge in [0.15, 0.2) is 0 Å². The van der Waals surface area contributed by atoms with Crippen LogP contribution in [-0.4, -0.2) is 29.0 Å². The number of imide groups is 1. The van der Waals surface area contributed by atoms with E-state index in [1.165, 1.54) is 4.90 Å². The Hall–Kier alpha value is -1.97. The summed E-state index contributed by atoms with van der Waals surface area (Å²) in [5.41, 5.74) is 0.896. The zero-order chi connectivity index (χ0) is 14.5. The lowest BCUT2D eigenvalue weighted by atomic mass is 10.0. The Morgan fingerprint density at radius 3 is 2.20 bits per heavy atom. The molecule has 4 heteroatoms. The average molecular weight is 273 g/mol. The van der Waals surface area contributed by atoms with E-state index in [-0.39, 0.29) is 24.3 Å². The molecule has 0 fully saturated rings. The van der Waals surface area contributed by atoms with Crippen LogP contribution in [0.4, 0.5) is 0 Å². The molecule has 1 aliphatic rings. The summed E-state index contributed by atoms with van der Waals surface area (Å²) in [6, 6.07) is 6.52. The summed E-state index contributed by atoms with van der Waals surface area (Å²) in [4.78, 5) is 36.8. The standard InChI is InChI=1S/C16H19NO3/c1-2-3-4-7-12(10-11-18)17-15(19)13-8-5-6-9-14(13)16(17)20/h5-6,8-9,11-12H,2-4,7,10H2,1H3. The SMILES string of the molecule is CCCCCC(CC=O)N1C(=O)c2ccccc2C1=O. The fourth-order valence-corrected chi connectivity index (χ4v) is 2.63. The molecular weight excluding hydrogens is 254 g/mol. The Morgan fingerprint density at radius 2 is 1.70 bits per heavy atom. The molecule has 0 N–H and O–H groups in total. The lowest BCUT2D eigenvalue weighted by molar-refractivity contribution is -0.108. The third-order valence-corrected chi connectivity index (χ3v) is 3.70. The van der Waals surface area contributed by atoms with Crippen molar-refractivity contribution in [2.75, 3.05) is 0 Å². The molecule has 20 heavy (non-hydrogen) atoms. The first-order valence-electron chi connectivity index (χ1n) is 7.11. The number of aldehydes is 1. The number of amides is 2. The summed E-state index contributed by atoms with van der Waals surface area (Å²) in [6.45, 7) is 2.09. The lowest BCUT2D eigenvalue weighted by Gasteiger charge is -2.24. The van der Waals surface area contributed by atoms with E-state index in [0.29, 0.717) is 17.5 Å². The minimum atomic E-state index is -0.313. The second kappa shape index (κ2) is 6.46. The van der Waals surface area contributed by atoms with Crippen molar-refractivity contribution in [3.63, 3.8) is 0 Å². The van der Waals surface area contributed by atoms with Gasteiger partial charge in [-0.1, -0.05) is 38.3 Å². The van der Waals surface area contributed by atoms with E-state index in [0.717, 1.165) is 25.5 Å². The Kier molecular flexibility index (Phi) is 4.66. The Bertz CT molecular complexity index is 489. The van der Waals surface area contributed by atoms with Gasteiger partial charge in [-0.25, -0.2) is 0 Å². The van der Waals surface area contributed by atoms with E-state index in [2.05, 4.69) is 6.92 Å². The quantitative estimate of drug-likeness (QED) is 0.436. The number of unbranched alkanes of at least 4 members (excludes halogenated alkanes) is 2. The molecule has 1 aromatic carbocycles. The van der Waals surface area contributed by atoms with Gasteiger partial charge in [-0.3, -0.25) is 14.5 Å². The second-order valence-electron chi connectivity index (χ2n) is 5.08. The van der Waals surface area contributed by atoms with Gasteiger partial charge in [-0.05, 0) is 18.6 Å². The van der Waals surface area contributed by atoms with Crippen LogP contribution in [-0.2, 0) is 4.79 Å². The Morgan fingerprint density at radius 1 is 1.10 bits per heavy atom. The number of hydrogen-bond acceptors (Lipinski definition) is 3. The predicted molar refractivity (Wildman–Crippen MR) is 75.6 cm³/mol. The molecule has 1 aromatic rings. The summed E-state index contributed by atoms with van der Waals surface area (Å²) < 4.78 is 0. The van der Waals surface area contributed by atoms with Crippen molar-refractivity contribution in [2.45, 2.75) is 45.1 Å². The molecule has 0 aliphatic carbocycles. The monoisotopic (exact) mass is 273 g/mol.